The Kier molecular flexibility index (Phi) is 6.21. The van der Waals surface area contributed by atoms with Gasteiger partial charge < -0.3 is 15.4 Å². The van der Waals surface area contributed by atoms with Crippen LogP contribution in [0.3, 0.4) is 0 Å². The second-order valence-corrected chi connectivity index (χ2v) is 6.53. The van der Waals surface area contributed by atoms with E-state index in [0.29, 0.717) is 12.5 Å². The minimum Gasteiger partial charge on any atom is -0.497 e. The van der Waals surface area contributed by atoms with Gasteiger partial charge >= 0.3 is 0 Å². The van der Waals surface area contributed by atoms with Crippen LogP contribution in [0.15, 0.2) is 24.3 Å². The highest BCUT2D eigenvalue weighted by Gasteiger charge is 2.17. The van der Waals surface area contributed by atoms with Crippen LogP contribution >= 0.6 is 0 Å². The molecule has 0 aromatic heterocycles. The molecule has 0 aliphatic rings. The molecule has 0 unspecified atom stereocenters. The lowest BCUT2D eigenvalue weighted by Gasteiger charge is -2.24. The van der Waals surface area contributed by atoms with E-state index in [0.717, 1.165) is 5.75 Å². The van der Waals surface area contributed by atoms with E-state index in [2.05, 4.69) is 36.6 Å². The van der Waals surface area contributed by atoms with E-state index >= 15 is 0 Å². The Balaban J connectivity index is 2.50. The van der Waals surface area contributed by atoms with E-state index in [1.165, 1.54) is 5.56 Å². The number of rotatable bonds is 6. The van der Waals surface area contributed by atoms with Gasteiger partial charge in [0.15, 0.2) is 0 Å². The van der Waals surface area contributed by atoms with Gasteiger partial charge in [-0.15, -0.1) is 0 Å². The third-order valence-electron chi connectivity index (χ3n) is 3.49. The van der Waals surface area contributed by atoms with Gasteiger partial charge in [-0.1, -0.05) is 19.1 Å². The smallest absolute Gasteiger partial charge is 0.234 e. The molecule has 118 valence electrons. The predicted octanol–water partition coefficient (Wildman–Crippen LogP) is 2.69. The number of hydrogen-bond donors (Lipinski definition) is 2. The standard InChI is InChI=1S/C17H28N2O2/c1-12(14-7-9-15(21-6)10-8-14)13(2)18-11-16(20)19-17(3,4)5/h7-10,12-13,18H,11H2,1-6H3,(H,19,20)/t12-,13+/m1/s1. The highest BCUT2D eigenvalue weighted by molar-refractivity contribution is 5.78. The van der Waals surface area contributed by atoms with E-state index in [9.17, 15) is 4.79 Å². The van der Waals surface area contributed by atoms with Crippen molar-refractivity contribution in [3.63, 3.8) is 0 Å². The molecule has 1 rings (SSSR count). The largest absolute Gasteiger partial charge is 0.497 e. The van der Waals surface area contributed by atoms with Gasteiger partial charge in [-0.25, -0.2) is 0 Å². The first kappa shape index (κ1) is 17.5. The van der Waals surface area contributed by atoms with Crippen molar-refractivity contribution >= 4 is 5.91 Å². The SMILES string of the molecule is COc1ccc([C@H](C)[C@H](C)NCC(=O)NC(C)(C)C)cc1. The average molecular weight is 292 g/mol. The molecule has 0 radical (unpaired) electrons. The highest BCUT2D eigenvalue weighted by atomic mass is 16.5. The van der Waals surface area contributed by atoms with Crippen LogP contribution in [0.25, 0.3) is 0 Å². The van der Waals surface area contributed by atoms with E-state index in [1.807, 2.05) is 32.9 Å². The van der Waals surface area contributed by atoms with E-state index in [1.54, 1.807) is 7.11 Å². The van der Waals surface area contributed by atoms with Gasteiger partial charge in [0.05, 0.1) is 13.7 Å². The number of ether oxygens (including phenoxy) is 1. The maximum Gasteiger partial charge on any atom is 0.234 e. The minimum absolute atomic E-state index is 0.0243. The molecular formula is C17H28N2O2. The predicted molar refractivity (Wildman–Crippen MR) is 86.8 cm³/mol. The van der Waals surface area contributed by atoms with Crippen LogP contribution in [0.2, 0.25) is 0 Å². The van der Waals surface area contributed by atoms with Crippen LogP contribution in [-0.4, -0.2) is 31.1 Å². The molecule has 1 aromatic rings. The molecule has 0 bridgehead atoms. The summed E-state index contributed by atoms with van der Waals surface area (Å²) in [7, 11) is 1.66. The van der Waals surface area contributed by atoms with Crippen molar-refractivity contribution in [1.29, 1.82) is 0 Å². The summed E-state index contributed by atoms with van der Waals surface area (Å²) in [6.07, 6.45) is 0. The lowest BCUT2D eigenvalue weighted by Crippen LogP contribution is -2.46. The van der Waals surface area contributed by atoms with Gasteiger partial charge in [0.1, 0.15) is 5.75 Å². The fourth-order valence-corrected chi connectivity index (χ4v) is 2.09. The molecular weight excluding hydrogens is 264 g/mol. The van der Waals surface area contributed by atoms with Crippen molar-refractivity contribution < 1.29 is 9.53 Å². The maximum atomic E-state index is 11.8. The van der Waals surface area contributed by atoms with Gasteiger partial charge in [0, 0.05) is 11.6 Å². The lowest BCUT2D eigenvalue weighted by atomic mass is 9.94. The van der Waals surface area contributed by atoms with Crippen molar-refractivity contribution in [3.8, 4) is 5.75 Å². The summed E-state index contributed by atoms with van der Waals surface area (Å²) in [6.45, 7) is 10.5. The highest BCUT2D eigenvalue weighted by Crippen LogP contribution is 2.21. The lowest BCUT2D eigenvalue weighted by molar-refractivity contribution is -0.121. The molecule has 0 aliphatic heterocycles. The molecule has 1 amide bonds. The van der Waals surface area contributed by atoms with Crippen LogP contribution < -0.4 is 15.4 Å². The first-order valence-corrected chi connectivity index (χ1v) is 7.41. The van der Waals surface area contributed by atoms with Gasteiger partial charge in [0.2, 0.25) is 5.91 Å². The zero-order valence-corrected chi connectivity index (χ0v) is 14.0. The summed E-state index contributed by atoms with van der Waals surface area (Å²) in [5.41, 5.74) is 1.04. The molecule has 0 aliphatic carbocycles. The molecule has 0 fully saturated rings. The summed E-state index contributed by atoms with van der Waals surface area (Å²) >= 11 is 0. The van der Waals surface area contributed by atoms with Gasteiger partial charge in [-0.2, -0.15) is 0 Å². The maximum absolute atomic E-state index is 11.8. The summed E-state index contributed by atoms with van der Waals surface area (Å²) in [5.74, 6) is 1.20. The molecule has 1 aromatic carbocycles. The number of hydrogen-bond acceptors (Lipinski definition) is 3. The number of nitrogens with one attached hydrogen (secondary N) is 2. The molecule has 0 spiro atoms. The van der Waals surface area contributed by atoms with E-state index in [-0.39, 0.29) is 17.5 Å². The topological polar surface area (TPSA) is 50.4 Å². The number of carbonyl (C=O) groups excluding carboxylic acids is 1. The fraction of sp³-hybridized carbons (Fsp3) is 0.588. The molecule has 2 atom stereocenters. The van der Waals surface area contributed by atoms with Gasteiger partial charge in [-0.05, 0) is 51.3 Å². The number of amides is 1. The molecule has 0 saturated heterocycles. The Morgan fingerprint density at radius 1 is 1.19 bits per heavy atom. The summed E-state index contributed by atoms with van der Waals surface area (Å²) < 4.78 is 5.17. The Morgan fingerprint density at radius 2 is 1.76 bits per heavy atom. The van der Waals surface area contributed by atoms with Crippen LogP contribution in [0.4, 0.5) is 0 Å². The third-order valence-corrected chi connectivity index (χ3v) is 3.49. The van der Waals surface area contributed by atoms with E-state index in [4.69, 9.17) is 4.74 Å². The van der Waals surface area contributed by atoms with Gasteiger partial charge in [-0.3, -0.25) is 4.79 Å². The number of carbonyl (C=O) groups is 1. The fourth-order valence-electron chi connectivity index (χ4n) is 2.09. The van der Waals surface area contributed by atoms with Crippen molar-refractivity contribution in [1.82, 2.24) is 10.6 Å². The number of methoxy groups -OCH3 is 1. The zero-order chi connectivity index (χ0) is 16.0. The second kappa shape index (κ2) is 7.46. The molecule has 0 heterocycles. The van der Waals surface area contributed by atoms with Gasteiger partial charge in [0.25, 0.3) is 0 Å². The quantitative estimate of drug-likeness (QED) is 0.847. The zero-order valence-electron chi connectivity index (χ0n) is 14.0. The molecule has 21 heavy (non-hydrogen) atoms. The third kappa shape index (κ3) is 6.17. The van der Waals surface area contributed by atoms with E-state index < -0.39 is 0 Å². The number of benzene rings is 1. The van der Waals surface area contributed by atoms with Crippen LogP contribution in [0.1, 0.15) is 46.1 Å². The molecule has 0 saturated carbocycles. The summed E-state index contributed by atoms with van der Waals surface area (Å²) in [4.78, 5) is 11.8. The molecule has 4 nitrogen and oxygen atoms in total. The molecule has 2 N–H and O–H groups in total. The average Bonchev–Trinajstić information content (AvgIpc) is 2.42. The molecule has 4 heteroatoms. The second-order valence-electron chi connectivity index (χ2n) is 6.53. The Hall–Kier alpha value is -1.55. The minimum atomic E-state index is -0.191. The normalized spacial score (nSPS) is 14.4. The van der Waals surface area contributed by atoms with Crippen LogP contribution in [0, 0.1) is 0 Å². The van der Waals surface area contributed by atoms with Crippen molar-refractivity contribution in [3.05, 3.63) is 29.8 Å². The van der Waals surface area contributed by atoms with Crippen LogP contribution in [-0.2, 0) is 4.79 Å². The monoisotopic (exact) mass is 292 g/mol. The summed E-state index contributed by atoms with van der Waals surface area (Å²) in [6, 6.07) is 8.27. The Labute approximate surface area is 128 Å². The first-order valence-electron chi connectivity index (χ1n) is 7.41. The Bertz CT molecular complexity index is 449. The summed E-state index contributed by atoms with van der Waals surface area (Å²) in [5, 5.41) is 6.24. The van der Waals surface area contributed by atoms with Crippen LogP contribution in [0.5, 0.6) is 5.75 Å². The van der Waals surface area contributed by atoms with Crippen molar-refractivity contribution in [2.45, 2.75) is 52.1 Å². The van der Waals surface area contributed by atoms with Crippen molar-refractivity contribution in [2.24, 2.45) is 0 Å². The first-order chi connectivity index (χ1) is 9.73. The Morgan fingerprint density at radius 3 is 2.24 bits per heavy atom. The van der Waals surface area contributed by atoms with Crippen molar-refractivity contribution in [2.75, 3.05) is 13.7 Å².